The van der Waals surface area contributed by atoms with Gasteiger partial charge in [0.05, 0.1) is 17.6 Å². The quantitative estimate of drug-likeness (QED) is 0.838. The summed E-state index contributed by atoms with van der Waals surface area (Å²) in [7, 11) is -7.88. The van der Waals surface area contributed by atoms with Crippen molar-refractivity contribution in [2.75, 3.05) is 15.7 Å². The maximum Gasteiger partial charge on any atom is 0.264 e. The second-order valence-corrected chi connectivity index (χ2v) is 8.48. The number of hydrogen-bond acceptors (Lipinski definition) is 4. The summed E-state index contributed by atoms with van der Waals surface area (Å²) in [5.41, 5.74) is 0.329. The number of hydrogen-bond donors (Lipinski definition) is 2. The Labute approximate surface area is 138 Å². The van der Waals surface area contributed by atoms with E-state index in [4.69, 9.17) is 0 Å². The number of rotatable bonds is 5. The van der Waals surface area contributed by atoms with Crippen LogP contribution in [0.4, 0.5) is 20.2 Å². The Bertz CT molecular complexity index is 990. The average molecular weight is 376 g/mol. The van der Waals surface area contributed by atoms with E-state index in [1.54, 1.807) is 0 Å². The van der Waals surface area contributed by atoms with E-state index in [2.05, 4.69) is 4.72 Å². The molecule has 0 amide bonds. The minimum absolute atomic E-state index is 0.105. The zero-order chi connectivity index (χ0) is 18.1. The summed E-state index contributed by atoms with van der Waals surface area (Å²) in [5.74, 6) is -1.66. The maximum atomic E-state index is 14.1. The van der Waals surface area contributed by atoms with Crippen LogP contribution in [0.25, 0.3) is 0 Å². The molecular weight excluding hydrogens is 362 g/mol. The highest BCUT2D eigenvalue weighted by Crippen LogP contribution is 2.24. The Balaban J connectivity index is 2.35. The first-order valence-corrected chi connectivity index (χ1v) is 9.92. The normalized spacial score (nSPS) is 12.0. The highest BCUT2D eigenvalue weighted by Gasteiger charge is 2.21. The van der Waals surface area contributed by atoms with Crippen LogP contribution < -0.4 is 9.44 Å². The van der Waals surface area contributed by atoms with Crippen molar-refractivity contribution in [1.82, 2.24) is 0 Å². The number of halogens is 2. The van der Waals surface area contributed by atoms with Crippen LogP contribution in [0.2, 0.25) is 0 Å². The molecule has 0 saturated heterocycles. The van der Waals surface area contributed by atoms with Gasteiger partial charge in [0.15, 0.2) is 0 Å². The fourth-order valence-corrected chi connectivity index (χ4v) is 3.68. The lowest BCUT2D eigenvalue weighted by Crippen LogP contribution is -2.16. The molecule has 2 N–H and O–H groups in total. The van der Waals surface area contributed by atoms with Crippen molar-refractivity contribution in [3.05, 3.63) is 53.6 Å². The van der Waals surface area contributed by atoms with Gasteiger partial charge in [-0.2, -0.15) is 0 Å². The molecule has 0 saturated carbocycles. The van der Waals surface area contributed by atoms with Gasteiger partial charge in [0.2, 0.25) is 10.0 Å². The second-order valence-electron chi connectivity index (χ2n) is 5.08. The Morgan fingerprint density at radius 3 is 2.12 bits per heavy atom. The zero-order valence-electron chi connectivity index (χ0n) is 12.7. The molecule has 0 aromatic heterocycles. The van der Waals surface area contributed by atoms with E-state index in [9.17, 15) is 25.6 Å². The lowest BCUT2D eigenvalue weighted by Gasteiger charge is -2.12. The van der Waals surface area contributed by atoms with Crippen molar-refractivity contribution in [2.24, 2.45) is 0 Å². The van der Waals surface area contributed by atoms with E-state index in [0.717, 1.165) is 36.6 Å². The van der Waals surface area contributed by atoms with Crippen LogP contribution >= 0.6 is 0 Å². The smallest absolute Gasteiger partial charge is 0.264 e. The van der Waals surface area contributed by atoms with Crippen molar-refractivity contribution in [3.63, 3.8) is 0 Å². The van der Waals surface area contributed by atoms with Gasteiger partial charge in [-0.3, -0.25) is 9.44 Å². The first kappa shape index (κ1) is 18.1. The Morgan fingerprint density at radius 2 is 1.58 bits per heavy atom. The predicted octanol–water partition coefficient (Wildman–Crippen LogP) is 2.45. The molecular formula is C14H14F2N2O4S2. The van der Waals surface area contributed by atoms with Crippen LogP contribution in [0, 0.1) is 18.6 Å². The highest BCUT2D eigenvalue weighted by molar-refractivity contribution is 7.92. The lowest BCUT2D eigenvalue weighted by molar-refractivity contribution is 0.570. The number of benzene rings is 2. The zero-order valence-corrected chi connectivity index (χ0v) is 14.3. The number of anilines is 2. The van der Waals surface area contributed by atoms with E-state index >= 15 is 0 Å². The number of nitrogens with one attached hydrogen (secondary N) is 2. The molecule has 0 radical (unpaired) electrons. The van der Waals surface area contributed by atoms with Crippen molar-refractivity contribution in [1.29, 1.82) is 0 Å². The van der Waals surface area contributed by atoms with Crippen LogP contribution in [-0.4, -0.2) is 23.1 Å². The van der Waals surface area contributed by atoms with Crippen molar-refractivity contribution in [3.8, 4) is 0 Å². The van der Waals surface area contributed by atoms with Crippen LogP contribution in [0.5, 0.6) is 0 Å². The van der Waals surface area contributed by atoms with E-state index in [1.807, 2.05) is 4.72 Å². The molecule has 130 valence electrons. The number of sulfonamides is 2. The third kappa shape index (κ3) is 4.42. The predicted molar refractivity (Wildman–Crippen MR) is 86.8 cm³/mol. The fourth-order valence-electron chi connectivity index (χ4n) is 1.94. The van der Waals surface area contributed by atoms with Crippen LogP contribution in [0.3, 0.4) is 0 Å². The molecule has 0 bridgehead atoms. The van der Waals surface area contributed by atoms with Gasteiger partial charge in [-0.1, -0.05) is 0 Å². The molecule has 10 heteroatoms. The summed E-state index contributed by atoms with van der Waals surface area (Å²) in [6.45, 7) is 1.50. The monoisotopic (exact) mass is 376 g/mol. The topological polar surface area (TPSA) is 92.3 Å². The molecule has 0 spiro atoms. The Kier molecular flexibility index (Phi) is 4.81. The molecule has 0 aliphatic heterocycles. The van der Waals surface area contributed by atoms with Gasteiger partial charge in [-0.05, 0) is 48.9 Å². The minimum atomic E-state index is -4.26. The first-order chi connectivity index (χ1) is 11.0. The van der Waals surface area contributed by atoms with Crippen LogP contribution in [-0.2, 0) is 20.0 Å². The van der Waals surface area contributed by atoms with E-state index in [0.29, 0.717) is 5.56 Å². The maximum absolute atomic E-state index is 14.1. The van der Waals surface area contributed by atoms with Gasteiger partial charge >= 0.3 is 0 Å². The third-order valence-corrected chi connectivity index (χ3v) is 4.96. The fraction of sp³-hybridized carbons (Fsp3) is 0.143. The van der Waals surface area contributed by atoms with Gasteiger partial charge in [0, 0.05) is 0 Å². The molecule has 0 aliphatic carbocycles. The standard InChI is InChI=1S/C14H14F2N2O4S2/c1-9-7-10(15)3-5-13(9)18-24(21,22)14-6-4-11(8-12(14)16)17-23(2,19)20/h3-8,17-18H,1-2H3. The second kappa shape index (κ2) is 6.36. The minimum Gasteiger partial charge on any atom is -0.284 e. The first-order valence-electron chi connectivity index (χ1n) is 6.54. The van der Waals surface area contributed by atoms with E-state index < -0.39 is 36.6 Å². The summed E-state index contributed by atoms with van der Waals surface area (Å²) in [5, 5.41) is 0. The van der Waals surface area contributed by atoms with Gasteiger partial charge in [0.1, 0.15) is 16.5 Å². The molecule has 0 atom stereocenters. The Morgan fingerprint density at radius 1 is 0.917 bits per heavy atom. The summed E-state index contributed by atoms with van der Waals surface area (Å²) in [4.78, 5) is -0.662. The molecule has 0 heterocycles. The SMILES string of the molecule is Cc1cc(F)ccc1NS(=O)(=O)c1ccc(NS(C)(=O)=O)cc1F. The summed E-state index contributed by atoms with van der Waals surface area (Å²) in [6.07, 6.45) is 0.883. The van der Waals surface area contributed by atoms with E-state index in [-0.39, 0.29) is 11.4 Å². The van der Waals surface area contributed by atoms with Gasteiger partial charge < -0.3 is 0 Å². The van der Waals surface area contributed by atoms with Gasteiger partial charge in [0.25, 0.3) is 10.0 Å². The molecule has 2 aromatic rings. The molecule has 0 aliphatic rings. The molecule has 0 unspecified atom stereocenters. The summed E-state index contributed by atoms with van der Waals surface area (Å²) in [6, 6.07) is 6.24. The largest absolute Gasteiger partial charge is 0.284 e. The molecule has 2 aromatic carbocycles. The molecule has 2 rings (SSSR count). The highest BCUT2D eigenvalue weighted by atomic mass is 32.2. The number of aryl methyl sites for hydroxylation is 1. The van der Waals surface area contributed by atoms with E-state index in [1.165, 1.54) is 13.0 Å². The average Bonchev–Trinajstić information content (AvgIpc) is 2.39. The van der Waals surface area contributed by atoms with Gasteiger partial charge in [-0.25, -0.2) is 25.6 Å². The third-order valence-electron chi connectivity index (χ3n) is 2.96. The molecule has 0 fully saturated rings. The molecule has 24 heavy (non-hydrogen) atoms. The molecule has 6 nitrogen and oxygen atoms in total. The van der Waals surface area contributed by atoms with Crippen LogP contribution in [0.1, 0.15) is 5.56 Å². The summed E-state index contributed by atoms with van der Waals surface area (Å²) >= 11 is 0. The van der Waals surface area contributed by atoms with Gasteiger partial charge in [-0.15, -0.1) is 0 Å². The van der Waals surface area contributed by atoms with Crippen molar-refractivity contribution >= 4 is 31.4 Å². The Hall–Kier alpha value is -2.20. The van der Waals surface area contributed by atoms with Crippen molar-refractivity contribution in [2.45, 2.75) is 11.8 Å². The van der Waals surface area contributed by atoms with Crippen LogP contribution in [0.15, 0.2) is 41.3 Å². The lowest BCUT2D eigenvalue weighted by atomic mass is 10.2. The summed E-state index contributed by atoms with van der Waals surface area (Å²) < 4.78 is 78.1. The van der Waals surface area contributed by atoms with Crippen molar-refractivity contribution < 1.29 is 25.6 Å².